The van der Waals surface area contributed by atoms with Crippen molar-refractivity contribution in [1.29, 1.82) is 0 Å². The van der Waals surface area contributed by atoms with Gasteiger partial charge in [-0.05, 0) is 29.7 Å². The molecule has 0 aromatic heterocycles. The van der Waals surface area contributed by atoms with Gasteiger partial charge in [0, 0.05) is 17.2 Å². The first-order chi connectivity index (χ1) is 16.5. The van der Waals surface area contributed by atoms with Gasteiger partial charge in [0.25, 0.3) is 10.0 Å². The van der Waals surface area contributed by atoms with E-state index in [1.54, 1.807) is 24.3 Å². The minimum absolute atomic E-state index is 0.0780. The van der Waals surface area contributed by atoms with Gasteiger partial charge in [-0.2, -0.15) is 0 Å². The average Bonchev–Trinajstić information content (AvgIpc) is 2.82. The summed E-state index contributed by atoms with van der Waals surface area (Å²) in [6.07, 6.45) is 1.24. The van der Waals surface area contributed by atoms with E-state index in [1.807, 2.05) is 4.72 Å². The van der Waals surface area contributed by atoms with Crippen molar-refractivity contribution in [2.45, 2.75) is 17.4 Å². The number of rotatable bonds is 9. The van der Waals surface area contributed by atoms with Gasteiger partial charge in [-0.15, -0.1) is 6.58 Å². The van der Waals surface area contributed by atoms with Crippen LogP contribution in [0.25, 0.3) is 17.2 Å². The van der Waals surface area contributed by atoms with Crippen LogP contribution in [0.3, 0.4) is 0 Å². The molecule has 0 aliphatic rings. The Morgan fingerprint density at radius 1 is 1.11 bits per heavy atom. The van der Waals surface area contributed by atoms with E-state index < -0.39 is 60.5 Å². The molecular weight excluding hydrogens is 503 g/mol. The summed E-state index contributed by atoms with van der Waals surface area (Å²) in [5.41, 5.74) is -0.171. The first-order valence-corrected chi connectivity index (χ1v) is 12.0. The second-order valence-corrected chi connectivity index (χ2v) is 9.40. The molecule has 0 heterocycles. The molecule has 184 valence electrons. The summed E-state index contributed by atoms with van der Waals surface area (Å²) in [7, 11) is -3.59. The van der Waals surface area contributed by atoms with Crippen molar-refractivity contribution in [2.24, 2.45) is 0 Å². The number of benzene rings is 3. The van der Waals surface area contributed by atoms with Crippen LogP contribution in [-0.2, 0) is 10.0 Å². The summed E-state index contributed by atoms with van der Waals surface area (Å²) in [5, 5.41) is 9.53. The number of sulfonamides is 1. The molecule has 0 fully saturated rings. The predicted octanol–water partition coefficient (Wildman–Crippen LogP) is 6.49. The highest BCUT2D eigenvalue weighted by Crippen LogP contribution is 2.40. The second-order valence-electron chi connectivity index (χ2n) is 7.37. The van der Waals surface area contributed by atoms with Gasteiger partial charge >= 0.3 is 0 Å². The first-order valence-electron chi connectivity index (χ1n) is 10.1. The molecule has 1 atom stereocenters. The van der Waals surface area contributed by atoms with E-state index in [9.17, 15) is 26.7 Å². The third-order valence-corrected chi connectivity index (χ3v) is 6.88. The topological polar surface area (TPSA) is 75.6 Å². The van der Waals surface area contributed by atoms with Crippen LogP contribution in [0.2, 0.25) is 5.02 Å². The van der Waals surface area contributed by atoms with Gasteiger partial charge in [-0.3, -0.25) is 4.72 Å². The number of ether oxygens (including phenoxy) is 1. The Morgan fingerprint density at radius 3 is 2.43 bits per heavy atom. The number of hydrogen-bond acceptors (Lipinski definition) is 4. The zero-order chi connectivity index (χ0) is 25.9. The molecule has 2 N–H and O–H groups in total. The maximum Gasteiger partial charge on any atom is 0.265 e. The molecule has 0 spiro atoms. The normalized spacial score (nSPS) is 12.2. The molecule has 0 saturated heterocycles. The molecule has 0 saturated carbocycles. The van der Waals surface area contributed by atoms with Crippen molar-refractivity contribution in [1.82, 2.24) is 0 Å². The van der Waals surface area contributed by atoms with Crippen molar-refractivity contribution < 1.29 is 31.4 Å². The lowest BCUT2D eigenvalue weighted by Gasteiger charge is -2.18. The average molecular weight is 524 g/mol. The lowest BCUT2D eigenvalue weighted by Crippen LogP contribution is -2.17. The fourth-order valence-corrected chi connectivity index (χ4v) is 5.09. The number of anilines is 1. The minimum atomic E-state index is -4.66. The maximum absolute atomic E-state index is 14.7. The van der Waals surface area contributed by atoms with E-state index in [-0.39, 0.29) is 12.0 Å². The number of nitrogens with one attached hydrogen (secondary N) is 1. The largest absolute Gasteiger partial charge is 0.494 e. The number of hydrogen-bond donors (Lipinski definition) is 2. The maximum atomic E-state index is 14.7. The molecule has 0 radical (unpaired) electrons. The predicted molar refractivity (Wildman–Crippen MR) is 130 cm³/mol. The van der Waals surface area contributed by atoms with Gasteiger partial charge in [0.2, 0.25) is 0 Å². The van der Waals surface area contributed by atoms with Crippen LogP contribution in [0.1, 0.15) is 23.7 Å². The Hall–Kier alpha value is -3.27. The molecule has 3 aromatic rings. The van der Waals surface area contributed by atoms with E-state index in [1.165, 1.54) is 12.2 Å². The number of aliphatic hydroxyl groups excluding tert-OH is 1. The fraction of sp³-hybridized carbons (Fsp3) is 0.120. The molecule has 3 aromatic carbocycles. The van der Waals surface area contributed by atoms with Gasteiger partial charge < -0.3 is 9.84 Å². The van der Waals surface area contributed by atoms with Gasteiger partial charge in [-0.1, -0.05) is 54.6 Å². The Balaban J connectivity index is 2.16. The van der Waals surface area contributed by atoms with Crippen LogP contribution in [0.5, 0.6) is 5.75 Å². The zero-order valence-electron chi connectivity index (χ0n) is 18.5. The standard InChI is InChI=1S/C25H21ClF3NO4S/c1-4-8-21(31)17-12-22(25(34-3)23(26)24(17)29)35(32,33)30-20-11-16(18(27)13-19(20)28)15-10-7-6-9-14(15)5-2/h4-7,9-13,21,30-31H,1-2,8H2,3H3. The number of halogens is 4. The Labute approximate surface area is 206 Å². The van der Waals surface area contributed by atoms with Crippen molar-refractivity contribution in [3.8, 4) is 16.9 Å². The summed E-state index contributed by atoms with van der Waals surface area (Å²) in [6, 6.07) is 8.95. The van der Waals surface area contributed by atoms with Crippen LogP contribution in [0.15, 0.2) is 66.6 Å². The van der Waals surface area contributed by atoms with E-state index >= 15 is 0 Å². The molecule has 10 heteroatoms. The van der Waals surface area contributed by atoms with Crippen molar-refractivity contribution in [3.05, 3.63) is 95.3 Å². The lowest BCUT2D eigenvalue weighted by molar-refractivity contribution is 0.176. The quantitative estimate of drug-likeness (QED) is 0.314. The Bertz CT molecular complexity index is 1410. The van der Waals surface area contributed by atoms with Crippen LogP contribution >= 0.6 is 11.6 Å². The highest BCUT2D eigenvalue weighted by Gasteiger charge is 2.29. The Kier molecular flexibility index (Phi) is 7.94. The van der Waals surface area contributed by atoms with Crippen LogP contribution < -0.4 is 9.46 Å². The van der Waals surface area contributed by atoms with Gasteiger partial charge in [0.1, 0.15) is 21.6 Å². The summed E-state index contributed by atoms with van der Waals surface area (Å²) >= 11 is 5.99. The summed E-state index contributed by atoms with van der Waals surface area (Å²) in [6.45, 7) is 7.12. The molecule has 0 amide bonds. The minimum Gasteiger partial charge on any atom is -0.494 e. The van der Waals surface area contributed by atoms with Crippen molar-refractivity contribution in [3.63, 3.8) is 0 Å². The van der Waals surface area contributed by atoms with E-state index in [0.29, 0.717) is 17.2 Å². The third-order valence-electron chi connectivity index (χ3n) is 5.17. The highest BCUT2D eigenvalue weighted by atomic mass is 35.5. The van der Waals surface area contributed by atoms with Crippen molar-refractivity contribution >= 4 is 33.4 Å². The van der Waals surface area contributed by atoms with E-state index in [0.717, 1.165) is 19.2 Å². The first kappa shape index (κ1) is 26.3. The molecule has 0 aliphatic heterocycles. The summed E-state index contributed by atoms with van der Waals surface area (Å²) in [4.78, 5) is -0.652. The van der Waals surface area contributed by atoms with Crippen LogP contribution in [0.4, 0.5) is 18.9 Å². The molecule has 35 heavy (non-hydrogen) atoms. The number of aliphatic hydroxyl groups is 1. The van der Waals surface area contributed by atoms with Crippen molar-refractivity contribution in [2.75, 3.05) is 11.8 Å². The molecule has 0 aliphatic carbocycles. The second kappa shape index (κ2) is 10.6. The smallest absolute Gasteiger partial charge is 0.265 e. The summed E-state index contributed by atoms with van der Waals surface area (Å²) < 4.78 is 77.5. The van der Waals surface area contributed by atoms with E-state index in [2.05, 4.69) is 13.2 Å². The van der Waals surface area contributed by atoms with Gasteiger partial charge in [0.15, 0.2) is 11.6 Å². The number of methoxy groups -OCH3 is 1. The molecular formula is C25H21ClF3NO4S. The monoisotopic (exact) mass is 523 g/mol. The molecule has 0 bridgehead atoms. The Morgan fingerprint density at radius 2 is 1.80 bits per heavy atom. The molecule has 3 rings (SSSR count). The summed E-state index contributed by atoms with van der Waals surface area (Å²) in [5.74, 6) is -3.74. The van der Waals surface area contributed by atoms with Crippen LogP contribution in [-0.4, -0.2) is 20.6 Å². The molecule has 1 unspecified atom stereocenters. The molecule has 5 nitrogen and oxygen atoms in total. The fourth-order valence-electron chi connectivity index (χ4n) is 3.48. The third kappa shape index (κ3) is 5.22. The van der Waals surface area contributed by atoms with Gasteiger partial charge in [0.05, 0.1) is 18.9 Å². The SMILES string of the molecule is C=CCC(O)c1cc(S(=O)(=O)Nc2cc(-c3ccccc3C=C)c(F)cc2F)c(OC)c(Cl)c1F. The zero-order valence-corrected chi connectivity index (χ0v) is 20.1. The van der Waals surface area contributed by atoms with Crippen LogP contribution in [0, 0.1) is 17.5 Å². The van der Waals surface area contributed by atoms with Gasteiger partial charge in [-0.25, -0.2) is 21.6 Å². The lowest BCUT2D eigenvalue weighted by atomic mass is 9.98. The highest BCUT2D eigenvalue weighted by molar-refractivity contribution is 7.92. The van der Waals surface area contributed by atoms with E-state index in [4.69, 9.17) is 16.3 Å².